The minimum Gasteiger partial charge on any atom is -0.465 e. The molecule has 1 heterocycles. The molecular weight excluding hydrogens is 538 g/mol. The summed E-state index contributed by atoms with van der Waals surface area (Å²) < 4.78 is 9.78. The number of imide groups is 1. The summed E-state index contributed by atoms with van der Waals surface area (Å²) in [4.78, 5) is 63.1. The molecule has 0 unspecified atom stereocenters. The molecule has 10 nitrogen and oxygen atoms in total. The van der Waals surface area contributed by atoms with Gasteiger partial charge in [0.05, 0.1) is 30.5 Å². The van der Waals surface area contributed by atoms with Gasteiger partial charge in [-0.1, -0.05) is 24.6 Å². The summed E-state index contributed by atoms with van der Waals surface area (Å²) in [5, 5.41) is 5.26. The van der Waals surface area contributed by atoms with E-state index in [0.29, 0.717) is 35.5 Å². The zero-order valence-corrected chi connectivity index (χ0v) is 22.3. The van der Waals surface area contributed by atoms with Gasteiger partial charge in [0.25, 0.3) is 17.7 Å². The van der Waals surface area contributed by atoms with Crippen molar-refractivity contribution in [2.75, 3.05) is 29.3 Å². The average molecular weight is 562 g/mol. The van der Waals surface area contributed by atoms with Crippen LogP contribution in [0.2, 0.25) is 0 Å². The number of methoxy groups -OCH3 is 1. The predicted octanol–water partition coefficient (Wildman–Crippen LogP) is 4.73. The smallest absolute Gasteiger partial charge is 0.338 e. The van der Waals surface area contributed by atoms with Gasteiger partial charge in [0.15, 0.2) is 0 Å². The zero-order valence-electron chi connectivity index (χ0n) is 21.5. The van der Waals surface area contributed by atoms with E-state index in [1.165, 1.54) is 49.6 Å². The summed E-state index contributed by atoms with van der Waals surface area (Å²) in [6.45, 7) is 2.20. The largest absolute Gasteiger partial charge is 0.465 e. The molecule has 4 rings (SSSR count). The van der Waals surface area contributed by atoms with Crippen molar-refractivity contribution in [2.45, 2.75) is 13.3 Å². The molecule has 11 heteroatoms. The Labute approximate surface area is 234 Å². The molecule has 40 heavy (non-hydrogen) atoms. The van der Waals surface area contributed by atoms with Crippen LogP contribution in [-0.2, 0) is 19.1 Å². The van der Waals surface area contributed by atoms with Crippen LogP contribution in [0.4, 0.5) is 17.1 Å². The molecule has 0 bridgehead atoms. The van der Waals surface area contributed by atoms with Crippen molar-refractivity contribution in [2.24, 2.45) is 0 Å². The highest BCUT2D eigenvalue weighted by atomic mass is 35.5. The average Bonchev–Trinajstić information content (AvgIpc) is 3.18. The number of halogens is 1. The zero-order chi connectivity index (χ0) is 28.8. The van der Waals surface area contributed by atoms with Gasteiger partial charge in [0.2, 0.25) is 0 Å². The lowest BCUT2D eigenvalue weighted by atomic mass is 10.1. The van der Waals surface area contributed by atoms with Gasteiger partial charge in [-0.2, -0.15) is 0 Å². The molecule has 0 spiro atoms. The van der Waals surface area contributed by atoms with Crippen LogP contribution in [-0.4, -0.2) is 43.4 Å². The van der Waals surface area contributed by atoms with E-state index in [2.05, 4.69) is 15.4 Å². The van der Waals surface area contributed by atoms with Gasteiger partial charge < -0.3 is 20.1 Å². The summed E-state index contributed by atoms with van der Waals surface area (Å²) in [7, 11) is 1.25. The minimum absolute atomic E-state index is 0.132. The SMILES string of the molecule is CCCOC(=O)c1cccc(NC(=O)c2ccc(NC3=C(Cl)C(=O)N(c4ccc(C(=O)OC)cc4)C3=O)cc2)c1. The summed E-state index contributed by atoms with van der Waals surface area (Å²) in [5.74, 6) is -2.85. The Kier molecular flexibility index (Phi) is 8.60. The van der Waals surface area contributed by atoms with E-state index in [0.717, 1.165) is 4.90 Å². The minimum atomic E-state index is -0.725. The van der Waals surface area contributed by atoms with Gasteiger partial charge in [0, 0.05) is 16.9 Å². The number of ether oxygens (including phenoxy) is 2. The highest BCUT2D eigenvalue weighted by molar-refractivity contribution is 6.53. The van der Waals surface area contributed by atoms with Crippen molar-refractivity contribution in [3.05, 3.63) is 100 Å². The first-order chi connectivity index (χ1) is 19.2. The lowest BCUT2D eigenvalue weighted by Crippen LogP contribution is -2.32. The molecule has 204 valence electrons. The highest BCUT2D eigenvalue weighted by Crippen LogP contribution is 2.30. The van der Waals surface area contributed by atoms with Crippen LogP contribution in [0, 0.1) is 0 Å². The Morgan fingerprint density at radius 2 is 1.50 bits per heavy atom. The maximum absolute atomic E-state index is 13.0. The molecule has 1 aliphatic heterocycles. The molecule has 0 fully saturated rings. The van der Waals surface area contributed by atoms with Crippen molar-refractivity contribution in [1.29, 1.82) is 0 Å². The number of benzene rings is 3. The van der Waals surface area contributed by atoms with Crippen LogP contribution >= 0.6 is 11.6 Å². The van der Waals surface area contributed by atoms with Crippen LogP contribution < -0.4 is 15.5 Å². The van der Waals surface area contributed by atoms with Crippen LogP contribution in [0.1, 0.15) is 44.4 Å². The molecule has 0 saturated heterocycles. The molecular formula is C29H24ClN3O7. The lowest BCUT2D eigenvalue weighted by molar-refractivity contribution is -0.120. The second-order valence-corrected chi connectivity index (χ2v) is 8.92. The van der Waals surface area contributed by atoms with Gasteiger partial charge in [-0.25, -0.2) is 14.5 Å². The van der Waals surface area contributed by atoms with Crippen LogP contribution in [0.3, 0.4) is 0 Å². The number of nitrogens with zero attached hydrogens (tertiary/aromatic N) is 1. The number of anilines is 3. The van der Waals surface area contributed by atoms with E-state index in [1.807, 2.05) is 6.92 Å². The molecule has 0 atom stereocenters. The molecule has 0 aromatic heterocycles. The third kappa shape index (κ3) is 6.02. The second-order valence-electron chi connectivity index (χ2n) is 8.55. The first-order valence-corrected chi connectivity index (χ1v) is 12.5. The number of hydrogen-bond acceptors (Lipinski definition) is 8. The molecule has 3 aromatic rings. The number of esters is 2. The number of amides is 3. The predicted molar refractivity (Wildman–Crippen MR) is 148 cm³/mol. The number of rotatable bonds is 9. The summed E-state index contributed by atoms with van der Waals surface area (Å²) >= 11 is 6.19. The van der Waals surface area contributed by atoms with E-state index >= 15 is 0 Å². The van der Waals surface area contributed by atoms with Gasteiger partial charge in [-0.05, 0) is 73.2 Å². The molecule has 1 aliphatic rings. The first kappa shape index (κ1) is 28.1. The normalized spacial score (nSPS) is 12.8. The van der Waals surface area contributed by atoms with Gasteiger partial charge in [-0.15, -0.1) is 0 Å². The lowest BCUT2D eigenvalue weighted by Gasteiger charge is -2.15. The Bertz CT molecular complexity index is 1520. The number of nitrogens with one attached hydrogen (secondary N) is 2. The first-order valence-electron chi connectivity index (χ1n) is 12.2. The molecule has 2 N–H and O–H groups in total. The van der Waals surface area contributed by atoms with Gasteiger partial charge in [0.1, 0.15) is 10.7 Å². The molecule has 0 aliphatic carbocycles. The molecule has 0 saturated carbocycles. The fourth-order valence-corrected chi connectivity index (χ4v) is 3.98. The van der Waals surface area contributed by atoms with E-state index in [-0.39, 0.29) is 22.0 Å². The monoisotopic (exact) mass is 561 g/mol. The van der Waals surface area contributed by atoms with E-state index in [4.69, 9.17) is 16.3 Å². The Morgan fingerprint density at radius 3 is 2.15 bits per heavy atom. The molecule has 3 amide bonds. The number of hydrogen-bond donors (Lipinski definition) is 2. The Hall–Kier alpha value is -4.96. The molecule has 0 radical (unpaired) electrons. The summed E-state index contributed by atoms with van der Waals surface area (Å²) in [5.41, 5.74) is 1.82. The van der Waals surface area contributed by atoms with Crippen molar-refractivity contribution in [1.82, 2.24) is 0 Å². The Balaban J connectivity index is 1.42. The van der Waals surface area contributed by atoms with Crippen molar-refractivity contribution in [3.8, 4) is 0 Å². The van der Waals surface area contributed by atoms with Crippen molar-refractivity contribution < 1.29 is 33.4 Å². The van der Waals surface area contributed by atoms with E-state index < -0.39 is 29.7 Å². The highest BCUT2D eigenvalue weighted by Gasteiger charge is 2.39. The van der Waals surface area contributed by atoms with Crippen LogP contribution in [0.5, 0.6) is 0 Å². The third-order valence-electron chi connectivity index (χ3n) is 5.78. The number of carbonyl (C=O) groups is 5. The third-order valence-corrected chi connectivity index (χ3v) is 6.13. The fourth-order valence-electron chi connectivity index (χ4n) is 3.76. The fraction of sp³-hybridized carbons (Fsp3) is 0.138. The molecule has 3 aromatic carbocycles. The second kappa shape index (κ2) is 12.3. The standard InChI is InChI=1S/C29H24ClN3O7/c1-3-15-40-29(38)19-5-4-6-21(16-19)32-25(34)17-7-11-20(12-8-17)31-24-23(30)26(35)33(27(24)36)22-13-9-18(10-14-22)28(37)39-2/h4-14,16,31H,3,15H2,1-2H3,(H,32,34). The topological polar surface area (TPSA) is 131 Å². The summed E-state index contributed by atoms with van der Waals surface area (Å²) in [6, 6.07) is 18.3. The van der Waals surface area contributed by atoms with Crippen LogP contribution in [0.15, 0.2) is 83.5 Å². The van der Waals surface area contributed by atoms with Crippen molar-refractivity contribution in [3.63, 3.8) is 0 Å². The maximum Gasteiger partial charge on any atom is 0.338 e. The van der Waals surface area contributed by atoms with E-state index in [1.54, 1.807) is 30.3 Å². The quantitative estimate of drug-likeness (QED) is 0.283. The Morgan fingerprint density at radius 1 is 0.825 bits per heavy atom. The van der Waals surface area contributed by atoms with Gasteiger partial charge >= 0.3 is 11.9 Å². The number of carbonyl (C=O) groups excluding carboxylic acids is 5. The van der Waals surface area contributed by atoms with Crippen molar-refractivity contribution >= 4 is 58.3 Å². The van der Waals surface area contributed by atoms with Crippen LogP contribution in [0.25, 0.3) is 0 Å². The maximum atomic E-state index is 13.0. The van der Waals surface area contributed by atoms with E-state index in [9.17, 15) is 24.0 Å². The van der Waals surface area contributed by atoms with Gasteiger partial charge in [-0.3, -0.25) is 14.4 Å². The summed E-state index contributed by atoms with van der Waals surface area (Å²) in [6.07, 6.45) is 0.700.